The summed E-state index contributed by atoms with van der Waals surface area (Å²) >= 11 is 0. The molecule has 0 atom stereocenters. The number of fused-ring (bicyclic) bond motifs is 1. The number of ether oxygens (including phenoxy) is 1. The molecule has 4 rings (SSSR count). The molecule has 0 saturated carbocycles. The van der Waals surface area contributed by atoms with E-state index in [9.17, 15) is 4.79 Å². The summed E-state index contributed by atoms with van der Waals surface area (Å²) in [5, 5.41) is 4.64. The van der Waals surface area contributed by atoms with Gasteiger partial charge in [-0.05, 0) is 44.2 Å². The summed E-state index contributed by atoms with van der Waals surface area (Å²) in [7, 11) is 0. The topological polar surface area (TPSA) is 44.1 Å². The first-order valence-corrected chi connectivity index (χ1v) is 8.24. The van der Waals surface area contributed by atoms with Crippen molar-refractivity contribution in [3.63, 3.8) is 0 Å². The van der Waals surface area contributed by atoms with Crippen molar-refractivity contribution in [3.05, 3.63) is 82.7 Å². The second-order valence-corrected chi connectivity index (χ2v) is 6.12. The molecule has 0 radical (unpaired) electrons. The van der Waals surface area contributed by atoms with Crippen LogP contribution in [0.15, 0.2) is 60.2 Å². The molecule has 4 nitrogen and oxygen atoms in total. The van der Waals surface area contributed by atoms with Gasteiger partial charge in [0.05, 0.1) is 16.9 Å². The van der Waals surface area contributed by atoms with Gasteiger partial charge in [0.2, 0.25) is 0 Å². The van der Waals surface area contributed by atoms with Crippen LogP contribution >= 0.6 is 0 Å². The summed E-state index contributed by atoms with van der Waals surface area (Å²) < 4.78 is 7.64. The van der Waals surface area contributed by atoms with E-state index >= 15 is 0 Å². The van der Waals surface area contributed by atoms with Gasteiger partial charge in [-0.15, -0.1) is 0 Å². The highest BCUT2D eigenvalue weighted by molar-refractivity contribution is 6.14. The normalized spacial score (nSPS) is 15.1. The minimum absolute atomic E-state index is 0.0214. The molecule has 25 heavy (non-hydrogen) atoms. The van der Waals surface area contributed by atoms with Crippen molar-refractivity contribution in [1.82, 2.24) is 9.78 Å². The van der Waals surface area contributed by atoms with Gasteiger partial charge in [-0.3, -0.25) is 4.79 Å². The summed E-state index contributed by atoms with van der Waals surface area (Å²) in [5.41, 5.74) is 5.13. The number of carbonyl (C=O) groups excluding carboxylic acids is 1. The van der Waals surface area contributed by atoms with E-state index in [0.29, 0.717) is 16.9 Å². The van der Waals surface area contributed by atoms with Crippen LogP contribution in [0.2, 0.25) is 0 Å². The molecule has 0 spiro atoms. The smallest absolute Gasteiger partial charge is 0.196 e. The molecule has 124 valence electrons. The Bertz CT molecular complexity index is 984. The average molecular weight is 330 g/mol. The van der Waals surface area contributed by atoms with E-state index in [1.165, 1.54) is 0 Å². The first-order valence-electron chi connectivity index (χ1n) is 8.24. The number of ketones is 1. The number of para-hydroxylation sites is 2. The Morgan fingerprint density at radius 2 is 1.76 bits per heavy atom. The van der Waals surface area contributed by atoms with Crippen LogP contribution in [0.1, 0.15) is 27.3 Å². The lowest BCUT2D eigenvalue weighted by Crippen LogP contribution is -2.18. The van der Waals surface area contributed by atoms with Crippen LogP contribution in [-0.2, 0) is 0 Å². The highest BCUT2D eigenvalue weighted by Crippen LogP contribution is 2.29. The van der Waals surface area contributed by atoms with Crippen molar-refractivity contribution in [2.24, 2.45) is 0 Å². The largest absolute Gasteiger partial charge is 0.488 e. The summed E-state index contributed by atoms with van der Waals surface area (Å²) in [6, 6.07) is 17.3. The van der Waals surface area contributed by atoms with Gasteiger partial charge >= 0.3 is 0 Å². The Balaban J connectivity index is 1.76. The molecular formula is C21H18N2O2. The molecule has 1 aromatic heterocycles. The zero-order chi connectivity index (χ0) is 17.4. The van der Waals surface area contributed by atoms with Crippen LogP contribution in [0.4, 0.5) is 0 Å². The maximum Gasteiger partial charge on any atom is 0.196 e. The van der Waals surface area contributed by atoms with E-state index in [0.717, 1.165) is 22.6 Å². The third-order valence-corrected chi connectivity index (χ3v) is 4.47. The molecule has 1 aliphatic rings. The predicted molar refractivity (Wildman–Crippen MR) is 97.3 cm³/mol. The number of nitrogens with zero attached hydrogens (tertiary/aromatic N) is 2. The predicted octanol–water partition coefficient (Wildman–Crippen LogP) is 4.15. The Morgan fingerprint density at radius 3 is 2.56 bits per heavy atom. The molecule has 0 unspecified atom stereocenters. The molecule has 2 heterocycles. The highest BCUT2D eigenvalue weighted by Gasteiger charge is 2.23. The number of carbonyl (C=O) groups is 1. The summed E-state index contributed by atoms with van der Waals surface area (Å²) in [4.78, 5) is 12.7. The first-order chi connectivity index (χ1) is 12.1. The molecule has 0 bridgehead atoms. The Labute approximate surface area is 146 Å². The van der Waals surface area contributed by atoms with Crippen LogP contribution in [0.5, 0.6) is 5.75 Å². The van der Waals surface area contributed by atoms with E-state index in [1.807, 2.05) is 73.1 Å². The standard InChI is InChI=1S/C21H18N2O2/c1-14-19(15(2)23(22-14)17-8-4-3-5-9-17)12-16-13-25-20-11-7-6-10-18(20)21(16)24/h3-12H,13H2,1-2H3/b16-12+. The monoisotopic (exact) mass is 330 g/mol. The zero-order valence-corrected chi connectivity index (χ0v) is 14.2. The van der Waals surface area contributed by atoms with Crippen molar-refractivity contribution in [3.8, 4) is 11.4 Å². The maximum absolute atomic E-state index is 12.7. The maximum atomic E-state index is 12.7. The lowest BCUT2D eigenvalue weighted by molar-refractivity contribution is 0.100. The molecule has 4 heteroatoms. The molecule has 0 aliphatic carbocycles. The van der Waals surface area contributed by atoms with Crippen molar-refractivity contribution in [1.29, 1.82) is 0 Å². The Morgan fingerprint density at radius 1 is 1.04 bits per heavy atom. The highest BCUT2D eigenvalue weighted by atomic mass is 16.5. The van der Waals surface area contributed by atoms with Gasteiger partial charge in [-0.25, -0.2) is 4.68 Å². The summed E-state index contributed by atoms with van der Waals surface area (Å²) in [6.07, 6.45) is 1.91. The van der Waals surface area contributed by atoms with Crippen molar-refractivity contribution < 1.29 is 9.53 Å². The fraction of sp³-hybridized carbons (Fsp3) is 0.143. The third-order valence-electron chi connectivity index (χ3n) is 4.47. The van der Waals surface area contributed by atoms with E-state index in [4.69, 9.17) is 4.74 Å². The number of rotatable bonds is 2. The van der Waals surface area contributed by atoms with Gasteiger partial charge in [0.15, 0.2) is 5.78 Å². The fourth-order valence-corrected chi connectivity index (χ4v) is 3.14. The van der Waals surface area contributed by atoms with E-state index < -0.39 is 0 Å². The first kappa shape index (κ1) is 15.4. The molecule has 2 aromatic carbocycles. The van der Waals surface area contributed by atoms with Crippen LogP contribution in [0, 0.1) is 13.8 Å². The van der Waals surface area contributed by atoms with Crippen molar-refractivity contribution >= 4 is 11.9 Å². The molecule has 0 fully saturated rings. The number of Topliss-reactive ketones (excluding diaryl/α,β-unsaturated/α-hetero) is 1. The van der Waals surface area contributed by atoms with Gasteiger partial charge in [0.25, 0.3) is 0 Å². The minimum Gasteiger partial charge on any atom is -0.488 e. The number of hydrogen-bond acceptors (Lipinski definition) is 3. The molecule has 3 aromatic rings. The van der Waals surface area contributed by atoms with Gasteiger partial charge < -0.3 is 4.74 Å². The van der Waals surface area contributed by atoms with Crippen LogP contribution in [0.25, 0.3) is 11.8 Å². The van der Waals surface area contributed by atoms with Crippen molar-refractivity contribution in [2.45, 2.75) is 13.8 Å². The van der Waals surface area contributed by atoms with Crippen molar-refractivity contribution in [2.75, 3.05) is 6.61 Å². The molecular weight excluding hydrogens is 312 g/mol. The van der Waals surface area contributed by atoms with Crippen LogP contribution in [-0.4, -0.2) is 22.2 Å². The molecule has 0 amide bonds. The molecule has 0 N–H and O–H groups in total. The van der Waals surface area contributed by atoms with Crippen LogP contribution in [0.3, 0.4) is 0 Å². The van der Waals surface area contributed by atoms with E-state index in [-0.39, 0.29) is 12.4 Å². The Kier molecular flexibility index (Phi) is 3.73. The third kappa shape index (κ3) is 2.66. The van der Waals surface area contributed by atoms with Gasteiger partial charge in [0, 0.05) is 16.8 Å². The number of hydrogen-bond donors (Lipinski definition) is 0. The second kappa shape index (κ2) is 6.06. The molecule has 1 aliphatic heterocycles. The lowest BCUT2D eigenvalue weighted by Gasteiger charge is -2.18. The van der Waals surface area contributed by atoms with Gasteiger partial charge in [-0.1, -0.05) is 30.3 Å². The minimum atomic E-state index is 0.0214. The van der Waals surface area contributed by atoms with Gasteiger partial charge in [0.1, 0.15) is 12.4 Å². The Hall–Kier alpha value is -3.14. The SMILES string of the molecule is Cc1nn(-c2ccccc2)c(C)c1/C=C1\COc2ccccc2C1=O. The number of aromatic nitrogens is 2. The van der Waals surface area contributed by atoms with Crippen LogP contribution < -0.4 is 4.74 Å². The second-order valence-electron chi connectivity index (χ2n) is 6.12. The van der Waals surface area contributed by atoms with Gasteiger partial charge in [-0.2, -0.15) is 5.10 Å². The summed E-state index contributed by atoms with van der Waals surface area (Å²) in [6.45, 7) is 4.26. The zero-order valence-electron chi connectivity index (χ0n) is 14.2. The number of aryl methyl sites for hydroxylation is 1. The average Bonchev–Trinajstić information content (AvgIpc) is 2.93. The number of benzene rings is 2. The lowest BCUT2D eigenvalue weighted by atomic mass is 9.98. The molecule has 0 saturated heterocycles. The van der Waals surface area contributed by atoms with E-state index in [2.05, 4.69) is 5.10 Å². The van der Waals surface area contributed by atoms with E-state index in [1.54, 1.807) is 6.07 Å². The summed E-state index contributed by atoms with van der Waals surface area (Å²) in [5.74, 6) is 0.672. The quantitative estimate of drug-likeness (QED) is 0.663. The fourth-order valence-electron chi connectivity index (χ4n) is 3.14.